The molecule has 1 aliphatic rings. The van der Waals surface area contributed by atoms with Gasteiger partial charge in [-0.15, -0.1) is 0 Å². The van der Waals surface area contributed by atoms with Gasteiger partial charge in [-0.3, -0.25) is 4.79 Å². The molecule has 0 atom stereocenters. The standard InChI is InChI=1S/C27H26ClF3N2O3/c1-4-36-25(35)26(14-15-26)32(3)24(34)22-21(19-10-12-20(28)13-11-19)17(2)23(27(29,30)31)33(22)16-18-8-6-5-7-9-18/h5-13H,4,14-16H2,1-3H3. The maximum atomic E-state index is 14.5. The average molecular weight is 519 g/mol. The van der Waals surface area contributed by atoms with Gasteiger partial charge < -0.3 is 14.2 Å². The third-order valence-electron chi connectivity index (χ3n) is 6.62. The molecule has 1 amide bonds. The number of amides is 1. The minimum absolute atomic E-state index is 0.0708. The molecule has 2 aromatic carbocycles. The van der Waals surface area contributed by atoms with Crippen molar-refractivity contribution in [2.75, 3.05) is 13.7 Å². The van der Waals surface area contributed by atoms with Crippen molar-refractivity contribution in [3.05, 3.63) is 82.1 Å². The lowest BCUT2D eigenvalue weighted by Gasteiger charge is -2.27. The number of halogens is 4. The number of aromatic nitrogens is 1. The summed E-state index contributed by atoms with van der Waals surface area (Å²) >= 11 is 6.03. The van der Waals surface area contributed by atoms with Crippen LogP contribution in [0.2, 0.25) is 5.02 Å². The zero-order chi connectivity index (χ0) is 26.3. The van der Waals surface area contributed by atoms with Gasteiger partial charge in [-0.2, -0.15) is 13.2 Å². The van der Waals surface area contributed by atoms with Crippen LogP contribution >= 0.6 is 11.6 Å². The number of hydrogen-bond donors (Lipinski definition) is 0. The molecule has 1 saturated carbocycles. The predicted octanol–water partition coefficient (Wildman–Crippen LogP) is 6.35. The van der Waals surface area contributed by atoms with Crippen LogP contribution in [0.4, 0.5) is 13.2 Å². The van der Waals surface area contributed by atoms with Crippen molar-refractivity contribution >= 4 is 23.5 Å². The number of hydrogen-bond acceptors (Lipinski definition) is 3. The van der Waals surface area contributed by atoms with Crippen molar-refractivity contribution in [1.29, 1.82) is 0 Å². The summed E-state index contributed by atoms with van der Waals surface area (Å²) in [4.78, 5) is 27.9. The second-order valence-corrected chi connectivity index (χ2v) is 9.33. The van der Waals surface area contributed by atoms with Crippen molar-refractivity contribution in [2.24, 2.45) is 0 Å². The molecule has 0 spiro atoms. The fraction of sp³-hybridized carbons (Fsp3) is 0.333. The molecule has 0 radical (unpaired) electrons. The van der Waals surface area contributed by atoms with E-state index in [1.54, 1.807) is 61.5 Å². The molecular formula is C27H26ClF3N2O3. The van der Waals surface area contributed by atoms with Crippen molar-refractivity contribution in [3.8, 4) is 11.1 Å². The quantitative estimate of drug-likeness (QED) is 0.342. The fourth-order valence-corrected chi connectivity index (χ4v) is 4.77. The Morgan fingerprint density at radius 2 is 1.69 bits per heavy atom. The summed E-state index contributed by atoms with van der Waals surface area (Å²) in [6.07, 6.45) is -3.96. The van der Waals surface area contributed by atoms with E-state index in [0.717, 1.165) is 4.57 Å². The van der Waals surface area contributed by atoms with Crippen molar-refractivity contribution < 1.29 is 27.5 Å². The highest BCUT2D eigenvalue weighted by atomic mass is 35.5. The fourth-order valence-electron chi connectivity index (χ4n) is 4.64. The number of ether oxygens (including phenoxy) is 1. The summed E-state index contributed by atoms with van der Waals surface area (Å²) < 4.78 is 49.7. The van der Waals surface area contributed by atoms with Gasteiger partial charge in [0.1, 0.15) is 16.9 Å². The Kier molecular flexibility index (Phi) is 6.92. The van der Waals surface area contributed by atoms with Gasteiger partial charge in [0.25, 0.3) is 5.91 Å². The molecule has 3 aromatic rings. The van der Waals surface area contributed by atoms with Gasteiger partial charge in [0.2, 0.25) is 0 Å². The molecule has 0 unspecified atom stereocenters. The summed E-state index contributed by atoms with van der Waals surface area (Å²) in [6.45, 7) is 2.99. The Labute approximate surface area is 212 Å². The lowest BCUT2D eigenvalue weighted by atomic mass is 10.00. The Hall–Kier alpha value is -3.26. The second-order valence-electron chi connectivity index (χ2n) is 8.89. The largest absolute Gasteiger partial charge is 0.464 e. The predicted molar refractivity (Wildman–Crippen MR) is 131 cm³/mol. The summed E-state index contributed by atoms with van der Waals surface area (Å²) in [6, 6.07) is 14.9. The van der Waals surface area contributed by atoms with Crippen LogP contribution in [0.3, 0.4) is 0 Å². The van der Waals surface area contributed by atoms with E-state index in [2.05, 4.69) is 0 Å². The Morgan fingerprint density at radius 1 is 1.08 bits per heavy atom. The summed E-state index contributed by atoms with van der Waals surface area (Å²) in [5, 5.41) is 0.417. The molecule has 5 nitrogen and oxygen atoms in total. The summed E-state index contributed by atoms with van der Waals surface area (Å²) in [7, 11) is 1.44. The van der Waals surface area contributed by atoms with E-state index in [4.69, 9.17) is 16.3 Å². The maximum absolute atomic E-state index is 14.5. The topological polar surface area (TPSA) is 51.5 Å². The van der Waals surface area contributed by atoms with E-state index < -0.39 is 29.3 Å². The molecule has 0 saturated heterocycles. The SMILES string of the molecule is CCOC(=O)C1(N(C)C(=O)c2c(-c3ccc(Cl)cc3)c(C)c(C(F)(F)F)n2Cc2ccccc2)CC1. The first-order valence-corrected chi connectivity index (χ1v) is 11.9. The number of nitrogens with zero attached hydrogens (tertiary/aromatic N) is 2. The van der Waals surface area contributed by atoms with E-state index in [1.165, 1.54) is 18.9 Å². The molecular weight excluding hydrogens is 493 g/mol. The van der Waals surface area contributed by atoms with Gasteiger partial charge in [-0.05, 0) is 55.5 Å². The maximum Gasteiger partial charge on any atom is 0.431 e. The van der Waals surface area contributed by atoms with Crippen LogP contribution in [-0.2, 0) is 22.3 Å². The highest BCUT2D eigenvalue weighted by molar-refractivity contribution is 6.30. The van der Waals surface area contributed by atoms with E-state index >= 15 is 0 Å². The molecule has 1 fully saturated rings. The monoisotopic (exact) mass is 518 g/mol. The van der Waals surface area contributed by atoms with Crippen LogP contribution in [0.25, 0.3) is 11.1 Å². The zero-order valence-electron chi connectivity index (χ0n) is 20.2. The number of benzene rings is 2. The smallest absolute Gasteiger partial charge is 0.431 e. The highest BCUT2D eigenvalue weighted by Gasteiger charge is 2.57. The molecule has 9 heteroatoms. The third kappa shape index (κ3) is 4.62. The number of likely N-dealkylation sites (N-methyl/N-ethyl adjacent to an activating group) is 1. The molecule has 4 rings (SSSR count). The van der Waals surface area contributed by atoms with Crippen LogP contribution in [0.1, 0.15) is 47.1 Å². The second kappa shape index (κ2) is 9.65. The third-order valence-corrected chi connectivity index (χ3v) is 6.87. The summed E-state index contributed by atoms with van der Waals surface area (Å²) in [5.41, 5.74) is -1.11. The number of esters is 1. The van der Waals surface area contributed by atoms with Gasteiger partial charge in [-0.1, -0.05) is 54.1 Å². The van der Waals surface area contributed by atoms with Crippen molar-refractivity contribution in [3.63, 3.8) is 0 Å². The van der Waals surface area contributed by atoms with E-state index in [1.807, 2.05) is 0 Å². The van der Waals surface area contributed by atoms with Gasteiger partial charge >= 0.3 is 12.1 Å². The molecule has 1 aliphatic carbocycles. The normalized spacial score (nSPS) is 14.4. The minimum atomic E-state index is -4.73. The minimum Gasteiger partial charge on any atom is -0.464 e. The molecule has 1 heterocycles. The van der Waals surface area contributed by atoms with Crippen molar-refractivity contribution in [2.45, 2.75) is 44.9 Å². The number of alkyl halides is 3. The zero-order valence-corrected chi connectivity index (χ0v) is 20.9. The molecule has 0 N–H and O–H groups in total. The van der Waals surface area contributed by atoms with Crippen LogP contribution in [0.5, 0.6) is 0 Å². The Balaban J connectivity index is 1.96. The van der Waals surface area contributed by atoms with Gasteiger partial charge in [-0.25, -0.2) is 4.79 Å². The van der Waals surface area contributed by atoms with Crippen LogP contribution < -0.4 is 0 Å². The van der Waals surface area contributed by atoms with Gasteiger partial charge in [0, 0.05) is 24.2 Å². The lowest BCUT2D eigenvalue weighted by molar-refractivity contribution is -0.150. The molecule has 0 aliphatic heterocycles. The number of carbonyl (C=O) groups excluding carboxylic acids is 2. The first-order chi connectivity index (χ1) is 17.0. The lowest BCUT2D eigenvalue weighted by Crippen LogP contribution is -2.46. The van der Waals surface area contributed by atoms with E-state index in [9.17, 15) is 22.8 Å². The van der Waals surface area contributed by atoms with Crippen LogP contribution in [0, 0.1) is 6.92 Å². The first kappa shape index (κ1) is 25.8. The summed E-state index contributed by atoms with van der Waals surface area (Å²) in [5.74, 6) is -1.23. The van der Waals surface area contributed by atoms with E-state index in [-0.39, 0.29) is 30.0 Å². The first-order valence-electron chi connectivity index (χ1n) is 11.6. The Bertz CT molecular complexity index is 1280. The average Bonchev–Trinajstić information content (AvgIpc) is 3.59. The molecule has 0 bridgehead atoms. The highest BCUT2D eigenvalue weighted by Crippen LogP contribution is 2.46. The number of carbonyl (C=O) groups is 2. The van der Waals surface area contributed by atoms with Gasteiger partial charge in [0.15, 0.2) is 0 Å². The molecule has 36 heavy (non-hydrogen) atoms. The molecule has 190 valence electrons. The van der Waals surface area contributed by atoms with Crippen LogP contribution in [0.15, 0.2) is 54.6 Å². The molecule has 1 aromatic heterocycles. The van der Waals surface area contributed by atoms with E-state index in [0.29, 0.717) is 29.0 Å². The van der Waals surface area contributed by atoms with Crippen LogP contribution in [-0.4, -0.2) is 40.5 Å². The van der Waals surface area contributed by atoms with Gasteiger partial charge in [0.05, 0.1) is 6.61 Å². The number of rotatable bonds is 7. The Morgan fingerprint density at radius 3 is 2.22 bits per heavy atom. The van der Waals surface area contributed by atoms with Crippen molar-refractivity contribution in [1.82, 2.24) is 9.47 Å².